The third kappa shape index (κ3) is 2.73. The van der Waals surface area contributed by atoms with Crippen LogP contribution in [0.4, 0.5) is 0 Å². The standard InChI is InChI=1S/C12H21BN2O2/c1-6-10(15)7-9(8-14)13-16-11(2,3)12(4,5)17-13/h6-8H,1,14-15H2,2-5H3/b9-8+,10-7+. The number of rotatable bonds is 3. The lowest BCUT2D eigenvalue weighted by Crippen LogP contribution is -2.41. The molecule has 0 unspecified atom stereocenters. The molecule has 17 heavy (non-hydrogen) atoms. The number of hydrogen-bond donors (Lipinski definition) is 2. The Labute approximate surface area is 103 Å². The second-order valence-corrected chi connectivity index (χ2v) is 5.10. The van der Waals surface area contributed by atoms with Gasteiger partial charge in [-0.15, -0.1) is 0 Å². The molecule has 4 nitrogen and oxygen atoms in total. The summed E-state index contributed by atoms with van der Waals surface area (Å²) in [6.45, 7) is 11.5. The zero-order valence-corrected chi connectivity index (χ0v) is 11.0. The summed E-state index contributed by atoms with van der Waals surface area (Å²) in [4.78, 5) is 0. The summed E-state index contributed by atoms with van der Waals surface area (Å²) in [5.74, 6) is 0. The first-order valence-electron chi connectivity index (χ1n) is 5.60. The third-order valence-electron chi connectivity index (χ3n) is 3.29. The van der Waals surface area contributed by atoms with Gasteiger partial charge in [0.2, 0.25) is 0 Å². The van der Waals surface area contributed by atoms with E-state index >= 15 is 0 Å². The highest BCUT2D eigenvalue weighted by Gasteiger charge is 2.52. The summed E-state index contributed by atoms with van der Waals surface area (Å²) in [7, 11) is -0.497. The van der Waals surface area contributed by atoms with Gasteiger partial charge in [0.1, 0.15) is 0 Å². The minimum atomic E-state index is -0.497. The van der Waals surface area contributed by atoms with Gasteiger partial charge in [-0.25, -0.2) is 0 Å². The fourth-order valence-corrected chi connectivity index (χ4v) is 1.43. The van der Waals surface area contributed by atoms with Crippen molar-refractivity contribution in [3.05, 3.63) is 36.1 Å². The molecule has 0 aromatic rings. The fourth-order valence-electron chi connectivity index (χ4n) is 1.43. The number of hydrogen-bond acceptors (Lipinski definition) is 4. The summed E-state index contributed by atoms with van der Waals surface area (Å²) in [6.07, 6.45) is 4.70. The molecule has 1 aliphatic rings. The summed E-state index contributed by atoms with van der Waals surface area (Å²) >= 11 is 0. The molecule has 0 aliphatic carbocycles. The van der Waals surface area contributed by atoms with E-state index in [1.165, 1.54) is 6.20 Å². The molecule has 0 aromatic carbocycles. The van der Waals surface area contributed by atoms with Crippen molar-refractivity contribution < 1.29 is 9.31 Å². The van der Waals surface area contributed by atoms with Gasteiger partial charge in [-0.3, -0.25) is 0 Å². The van der Waals surface area contributed by atoms with Crippen LogP contribution in [0.2, 0.25) is 0 Å². The zero-order valence-electron chi connectivity index (χ0n) is 11.0. The van der Waals surface area contributed by atoms with Gasteiger partial charge in [0.15, 0.2) is 0 Å². The average molecular weight is 236 g/mol. The molecule has 0 atom stereocenters. The van der Waals surface area contributed by atoms with Gasteiger partial charge in [-0.1, -0.05) is 6.58 Å². The van der Waals surface area contributed by atoms with Crippen LogP contribution in [0.3, 0.4) is 0 Å². The Kier molecular flexibility index (Phi) is 3.74. The summed E-state index contributed by atoms with van der Waals surface area (Å²) < 4.78 is 11.7. The Morgan fingerprint density at radius 2 is 1.65 bits per heavy atom. The van der Waals surface area contributed by atoms with E-state index in [1.54, 1.807) is 12.2 Å². The van der Waals surface area contributed by atoms with Crippen molar-refractivity contribution in [2.24, 2.45) is 11.5 Å². The van der Waals surface area contributed by atoms with Crippen molar-refractivity contribution in [2.45, 2.75) is 38.9 Å². The lowest BCUT2D eigenvalue weighted by atomic mass is 9.78. The molecule has 0 aromatic heterocycles. The van der Waals surface area contributed by atoms with E-state index in [2.05, 4.69) is 6.58 Å². The van der Waals surface area contributed by atoms with Crippen LogP contribution < -0.4 is 11.5 Å². The second kappa shape index (κ2) is 4.59. The highest BCUT2D eigenvalue weighted by Crippen LogP contribution is 2.38. The SMILES string of the molecule is C=C/C(N)=C\C(=C/N)B1OC(C)(C)C(C)(C)O1. The molecule has 1 aliphatic heterocycles. The average Bonchev–Trinajstić information content (AvgIpc) is 2.44. The largest absolute Gasteiger partial charge is 0.496 e. The van der Waals surface area contributed by atoms with Crippen molar-refractivity contribution in [2.75, 3.05) is 0 Å². The first-order valence-corrected chi connectivity index (χ1v) is 5.60. The van der Waals surface area contributed by atoms with Gasteiger partial charge in [0.25, 0.3) is 0 Å². The molecule has 0 saturated carbocycles. The fraction of sp³-hybridized carbons (Fsp3) is 0.500. The van der Waals surface area contributed by atoms with Crippen molar-refractivity contribution in [3.8, 4) is 0 Å². The van der Waals surface area contributed by atoms with E-state index in [9.17, 15) is 0 Å². The third-order valence-corrected chi connectivity index (χ3v) is 3.29. The first-order chi connectivity index (χ1) is 7.73. The lowest BCUT2D eigenvalue weighted by molar-refractivity contribution is 0.00578. The summed E-state index contributed by atoms with van der Waals surface area (Å²) in [5, 5.41) is 0. The van der Waals surface area contributed by atoms with Crippen molar-refractivity contribution in [1.29, 1.82) is 0 Å². The molecular formula is C12H21BN2O2. The van der Waals surface area contributed by atoms with E-state index in [-0.39, 0.29) is 11.2 Å². The quantitative estimate of drug-likeness (QED) is 0.575. The smallest absolute Gasteiger partial charge is 0.405 e. The minimum Gasteiger partial charge on any atom is -0.405 e. The van der Waals surface area contributed by atoms with Crippen molar-refractivity contribution in [1.82, 2.24) is 0 Å². The summed E-state index contributed by atoms with van der Waals surface area (Å²) in [6, 6.07) is 0. The van der Waals surface area contributed by atoms with Gasteiger partial charge in [-0.2, -0.15) is 0 Å². The van der Waals surface area contributed by atoms with Crippen LogP contribution in [0.1, 0.15) is 27.7 Å². The van der Waals surface area contributed by atoms with E-state index in [0.717, 1.165) is 0 Å². The van der Waals surface area contributed by atoms with Crippen molar-refractivity contribution in [3.63, 3.8) is 0 Å². The topological polar surface area (TPSA) is 70.5 Å². The van der Waals surface area contributed by atoms with Crippen LogP contribution >= 0.6 is 0 Å². The van der Waals surface area contributed by atoms with Gasteiger partial charge in [0, 0.05) is 5.70 Å². The maximum atomic E-state index is 5.86. The molecule has 5 heteroatoms. The van der Waals surface area contributed by atoms with E-state index < -0.39 is 7.12 Å². The van der Waals surface area contributed by atoms with E-state index in [4.69, 9.17) is 20.8 Å². The maximum Gasteiger partial charge on any atom is 0.496 e. The molecule has 1 fully saturated rings. The van der Waals surface area contributed by atoms with Crippen molar-refractivity contribution >= 4 is 7.12 Å². The lowest BCUT2D eigenvalue weighted by Gasteiger charge is -2.32. The van der Waals surface area contributed by atoms with Gasteiger partial charge in [-0.05, 0) is 51.5 Å². The molecule has 0 amide bonds. The molecule has 0 bridgehead atoms. The van der Waals surface area contributed by atoms with Gasteiger partial charge >= 0.3 is 7.12 Å². The minimum absolute atomic E-state index is 0.386. The highest BCUT2D eigenvalue weighted by atomic mass is 16.7. The number of nitrogens with two attached hydrogens (primary N) is 2. The molecule has 0 spiro atoms. The first kappa shape index (κ1) is 13.9. The van der Waals surface area contributed by atoms with E-state index in [1.807, 2.05) is 27.7 Å². The monoisotopic (exact) mass is 236 g/mol. The van der Waals surface area contributed by atoms with Crippen LogP contribution in [-0.4, -0.2) is 18.3 Å². The van der Waals surface area contributed by atoms with Crippen LogP contribution in [0.5, 0.6) is 0 Å². The molecule has 1 rings (SSSR count). The molecule has 1 saturated heterocycles. The Morgan fingerprint density at radius 1 is 1.18 bits per heavy atom. The molecule has 4 N–H and O–H groups in total. The Morgan fingerprint density at radius 3 is 2.00 bits per heavy atom. The van der Waals surface area contributed by atoms with Crippen LogP contribution in [0.15, 0.2) is 36.1 Å². The van der Waals surface area contributed by atoms with Crippen LogP contribution in [-0.2, 0) is 9.31 Å². The molecule has 1 heterocycles. The van der Waals surface area contributed by atoms with Crippen LogP contribution in [0, 0.1) is 0 Å². The second-order valence-electron chi connectivity index (χ2n) is 5.10. The summed E-state index contributed by atoms with van der Waals surface area (Å²) in [5.41, 5.74) is 11.7. The molecular weight excluding hydrogens is 215 g/mol. The molecule has 94 valence electrons. The van der Waals surface area contributed by atoms with Gasteiger partial charge in [0.05, 0.1) is 11.2 Å². The molecule has 0 radical (unpaired) electrons. The normalized spacial score (nSPS) is 23.9. The zero-order chi connectivity index (χ0) is 13.3. The van der Waals surface area contributed by atoms with E-state index in [0.29, 0.717) is 11.2 Å². The Balaban J connectivity index is 2.94. The van der Waals surface area contributed by atoms with Gasteiger partial charge < -0.3 is 20.8 Å². The highest BCUT2D eigenvalue weighted by molar-refractivity contribution is 6.55. The predicted octanol–water partition coefficient (Wildman–Crippen LogP) is 1.49. The Hall–Kier alpha value is -1.20. The van der Waals surface area contributed by atoms with Crippen LogP contribution in [0.25, 0.3) is 0 Å². The number of allylic oxidation sites excluding steroid dienone is 3. The maximum absolute atomic E-state index is 5.86. The predicted molar refractivity (Wildman–Crippen MR) is 70.8 cm³/mol. The Bertz CT molecular complexity index is 357.